The SMILES string of the molecule is CC(=O)c1ccc2c(c1)N(C(C)C(=O)Nc1cccc(O)c1)C(=O)CO2. The maximum atomic E-state index is 12.6. The van der Waals surface area contributed by atoms with Gasteiger partial charge in [0.2, 0.25) is 5.91 Å². The molecule has 26 heavy (non-hydrogen) atoms. The van der Waals surface area contributed by atoms with E-state index in [2.05, 4.69) is 5.32 Å². The number of amides is 2. The second-order valence-electron chi connectivity index (χ2n) is 6.01. The van der Waals surface area contributed by atoms with Crippen LogP contribution in [0.5, 0.6) is 11.5 Å². The largest absolute Gasteiger partial charge is 0.508 e. The lowest BCUT2D eigenvalue weighted by Gasteiger charge is -2.33. The maximum absolute atomic E-state index is 12.6. The van der Waals surface area contributed by atoms with Crippen LogP contribution >= 0.6 is 0 Å². The third kappa shape index (κ3) is 3.37. The highest BCUT2D eigenvalue weighted by molar-refractivity contribution is 6.07. The molecule has 1 heterocycles. The smallest absolute Gasteiger partial charge is 0.265 e. The Morgan fingerprint density at radius 2 is 2.00 bits per heavy atom. The van der Waals surface area contributed by atoms with Gasteiger partial charge < -0.3 is 15.2 Å². The third-order valence-corrected chi connectivity index (χ3v) is 4.13. The molecule has 7 heteroatoms. The summed E-state index contributed by atoms with van der Waals surface area (Å²) in [4.78, 5) is 38.0. The number of fused-ring (bicyclic) bond motifs is 1. The number of ketones is 1. The number of hydrogen-bond acceptors (Lipinski definition) is 5. The van der Waals surface area contributed by atoms with Crippen molar-refractivity contribution in [3.05, 3.63) is 48.0 Å². The molecular formula is C19H18N2O5. The van der Waals surface area contributed by atoms with Crippen LogP contribution in [0, 0.1) is 0 Å². The van der Waals surface area contributed by atoms with Gasteiger partial charge in [-0.15, -0.1) is 0 Å². The molecule has 2 N–H and O–H groups in total. The van der Waals surface area contributed by atoms with E-state index in [4.69, 9.17) is 4.74 Å². The van der Waals surface area contributed by atoms with Crippen LogP contribution < -0.4 is 15.0 Å². The van der Waals surface area contributed by atoms with Crippen LogP contribution in [0.25, 0.3) is 0 Å². The van der Waals surface area contributed by atoms with Gasteiger partial charge in [-0.2, -0.15) is 0 Å². The molecule has 0 aliphatic carbocycles. The lowest BCUT2D eigenvalue weighted by atomic mass is 10.1. The second kappa shape index (κ2) is 6.87. The second-order valence-corrected chi connectivity index (χ2v) is 6.01. The van der Waals surface area contributed by atoms with Gasteiger partial charge in [0, 0.05) is 17.3 Å². The first-order chi connectivity index (χ1) is 12.4. The standard InChI is InChI=1S/C19H18N2O5/c1-11(19(25)20-14-4-3-5-15(23)9-14)21-16-8-13(12(2)22)6-7-17(16)26-10-18(21)24/h3-9,11,23H,10H2,1-2H3,(H,20,25). The molecule has 0 fully saturated rings. The van der Waals surface area contributed by atoms with Gasteiger partial charge in [-0.3, -0.25) is 19.3 Å². The number of nitrogens with one attached hydrogen (secondary N) is 1. The number of hydrogen-bond donors (Lipinski definition) is 2. The summed E-state index contributed by atoms with van der Waals surface area (Å²) in [7, 11) is 0. The average molecular weight is 354 g/mol. The number of carbonyl (C=O) groups is 3. The van der Waals surface area contributed by atoms with Crippen LogP contribution in [0.2, 0.25) is 0 Å². The lowest BCUT2D eigenvalue weighted by molar-refractivity contribution is -0.125. The molecule has 0 spiro atoms. The average Bonchev–Trinajstić information content (AvgIpc) is 2.60. The molecule has 1 aliphatic heterocycles. The Morgan fingerprint density at radius 3 is 2.69 bits per heavy atom. The zero-order valence-electron chi connectivity index (χ0n) is 14.4. The van der Waals surface area contributed by atoms with Gasteiger partial charge in [0.1, 0.15) is 17.5 Å². The summed E-state index contributed by atoms with van der Waals surface area (Å²) in [5.74, 6) is -0.495. The molecule has 7 nitrogen and oxygen atoms in total. The summed E-state index contributed by atoms with van der Waals surface area (Å²) in [6, 6.07) is 10.1. The van der Waals surface area contributed by atoms with Crippen LogP contribution in [-0.4, -0.2) is 35.4 Å². The van der Waals surface area contributed by atoms with E-state index >= 15 is 0 Å². The quantitative estimate of drug-likeness (QED) is 0.822. The van der Waals surface area contributed by atoms with Gasteiger partial charge in [-0.1, -0.05) is 6.07 Å². The van der Waals surface area contributed by atoms with Gasteiger partial charge in [0.15, 0.2) is 12.4 Å². The van der Waals surface area contributed by atoms with Crippen molar-refractivity contribution in [1.82, 2.24) is 0 Å². The minimum Gasteiger partial charge on any atom is -0.508 e. The summed E-state index contributed by atoms with van der Waals surface area (Å²) in [6.07, 6.45) is 0. The van der Waals surface area contributed by atoms with E-state index in [9.17, 15) is 19.5 Å². The molecule has 1 atom stereocenters. The molecule has 2 amide bonds. The Hall–Kier alpha value is -3.35. The van der Waals surface area contributed by atoms with Crippen molar-refractivity contribution in [3.63, 3.8) is 0 Å². The Kier molecular flexibility index (Phi) is 4.62. The van der Waals surface area contributed by atoms with Crippen molar-refractivity contribution in [3.8, 4) is 11.5 Å². The number of nitrogens with zero attached hydrogens (tertiary/aromatic N) is 1. The number of phenols is 1. The van der Waals surface area contributed by atoms with Crippen LogP contribution in [0.3, 0.4) is 0 Å². The van der Waals surface area contributed by atoms with Crippen molar-refractivity contribution < 1.29 is 24.2 Å². The lowest BCUT2D eigenvalue weighted by Crippen LogP contribution is -2.49. The maximum Gasteiger partial charge on any atom is 0.265 e. The zero-order valence-corrected chi connectivity index (χ0v) is 14.4. The summed E-state index contributed by atoms with van der Waals surface area (Å²) in [5.41, 5.74) is 1.22. The Bertz CT molecular complexity index is 893. The third-order valence-electron chi connectivity index (χ3n) is 4.13. The number of anilines is 2. The fourth-order valence-corrected chi connectivity index (χ4v) is 2.76. The first kappa shape index (κ1) is 17.5. The predicted molar refractivity (Wildman–Crippen MR) is 95.6 cm³/mol. The summed E-state index contributed by atoms with van der Waals surface area (Å²) in [5, 5.41) is 12.2. The number of carbonyl (C=O) groups excluding carboxylic acids is 3. The Balaban J connectivity index is 1.90. The molecule has 0 saturated heterocycles. The van der Waals surface area contributed by atoms with Crippen molar-refractivity contribution in [2.45, 2.75) is 19.9 Å². The molecule has 0 bridgehead atoms. The van der Waals surface area contributed by atoms with Crippen molar-refractivity contribution in [1.29, 1.82) is 0 Å². The number of benzene rings is 2. The highest BCUT2D eigenvalue weighted by Gasteiger charge is 2.33. The van der Waals surface area contributed by atoms with Crippen LogP contribution in [0.1, 0.15) is 24.2 Å². The predicted octanol–water partition coefficient (Wildman–Crippen LogP) is 2.35. The van der Waals surface area contributed by atoms with E-state index in [0.29, 0.717) is 22.7 Å². The molecular weight excluding hydrogens is 336 g/mol. The van der Waals surface area contributed by atoms with E-state index in [1.807, 2.05) is 0 Å². The van der Waals surface area contributed by atoms with E-state index in [0.717, 1.165) is 0 Å². The molecule has 1 unspecified atom stereocenters. The molecule has 0 radical (unpaired) electrons. The van der Waals surface area contributed by atoms with Crippen LogP contribution in [0.4, 0.5) is 11.4 Å². The molecule has 0 aromatic heterocycles. The summed E-state index contributed by atoms with van der Waals surface area (Å²) >= 11 is 0. The normalized spacial score (nSPS) is 14.2. The summed E-state index contributed by atoms with van der Waals surface area (Å²) < 4.78 is 5.40. The number of Topliss-reactive ketones (excluding diaryl/α,β-unsaturated/α-hetero) is 1. The van der Waals surface area contributed by atoms with E-state index in [1.54, 1.807) is 37.3 Å². The fraction of sp³-hybridized carbons (Fsp3) is 0.211. The van der Waals surface area contributed by atoms with Crippen LogP contribution in [0.15, 0.2) is 42.5 Å². The molecule has 2 aromatic carbocycles. The topological polar surface area (TPSA) is 95.9 Å². The van der Waals surface area contributed by atoms with Gasteiger partial charge in [0.05, 0.1) is 5.69 Å². The van der Waals surface area contributed by atoms with E-state index in [-0.39, 0.29) is 24.0 Å². The minimum atomic E-state index is -0.838. The zero-order chi connectivity index (χ0) is 18.8. The monoisotopic (exact) mass is 354 g/mol. The highest BCUT2D eigenvalue weighted by Crippen LogP contribution is 2.34. The Labute approximate surface area is 150 Å². The van der Waals surface area contributed by atoms with Gasteiger partial charge in [-0.05, 0) is 44.2 Å². The van der Waals surface area contributed by atoms with E-state index < -0.39 is 11.9 Å². The van der Waals surface area contributed by atoms with Crippen LogP contribution in [-0.2, 0) is 9.59 Å². The molecule has 1 aliphatic rings. The molecule has 0 saturated carbocycles. The Morgan fingerprint density at radius 1 is 1.23 bits per heavy atom. The fourth-order valence-electron chi connectivity index (χ4n) is 2.76. The number of rotatable bonds is 4. The minimum absolute atomic E-state index is 0.0225. The summed E-state index contributed by atoms with van der Waals surface area (Å²) in [6.45, 7) is 2.83. The molecule has 134 valence electrons. The number of ether oxygens (including phenoxy) is 1. The highest BCUT2D eigenvalue weighted by atomic mass is 16.5. The number of phenolic OH excluding ortho intramolecular Hbond substituents is 1. The van der Waals surface area contributed by atoms with Gasteiger partial charge >= 0.3 is 0 Å². The molecule has 3 rings (SSSR count). The van der Waals surface area contributed by atoms with Crippen molar-refractivity contribution >= 4 is 29.0 Å². The van der Waals surface area contributed by atoms with Gasteiger partial charge in [-0.25, -0.2) is 0 Å². The first-order valence-electron chi connectivity index (χ1n) is 8.06. The van der Waals surface area contributed by atoms with Gasteiger partial charge in [0.25, 0.3) is 5.91 Å². The van der Waals surface area contributed by atoms with Crippen molar-refractivity contribution in [2.24, 2.45) is 0 Å². The number of aromatic hydroxyl groups is 1. The van der Waals surface area contributed by atoms with Crippen molar-refractivity contribution in [2.75, 3.05) is 16.8 Å². The first-order valence-corrected chi connectivity index (χ1v) is 8.06. The molecule has 2 aromatic rings. The van der Waals surface area contributed by atoms with E-state index in [1.165, 1.54) is 24.0 Å².